The van der Waals surface area contributed by atoms with Gasteiger partial charge in [0.25, 0.3) is 5.91 Å². The Kier molecular flexibility index (Phi) is 5.77. The van der Waals surface area contributed by atoms with Crippen LogP contribution in [0.25, 0.3) is 11.1 Å². The van der Waals surface area contributed by atoms with Gasteiger partial charge in [-0.2, -0.15) is 4.98 Å². The number of benzene rings is 2. The lowest BCUT2D eigenvalue weighted by Gasteiger charge is -2.32. The molecule has 1 saturated heterocycles. The van der Waals surface area contributed by atoms with Gasteiger partial charge < -0.3 is 9.32 Å². The van der Waals surface area contributed by atoms with E-state index in [0.29, 0.717) is 40.4 Å². The fourth-order valence-corrected chi connectivity index (χ4v) is 4.55. The number of likely N-dealkylation sites (tertiary alicyclic amines) is 1. The summed E-state index contributed by atoms with van der Waals surface area (Å²) in [6.07, 6.45) is 3.09. The molecule has 1 aliphatic heterocycles. The lowest BCUT2D eigenvalue weighted by Crippen LogP contribution is -2.39. The van der Waals surface area contributed by atoms with E-state index < -0.39 is 0 Å². The van der Waals surface area contributed by atoms with Crippen LogP contribution in [0.5, 0.6) is 0 Å². The van der Waals surface area contributed by atoms with Crippen LogP contribution < -0.4 is 5.32 Å². The summed E-state index contributed by atoms with van der Waals surface area (Å²) in [7, 11) is 0. The van der Waals surface area contributed by atoms with E-state index in [2.05, 4.69) is 44.5 Å². The predicted octanol–water partition coefficient (Wildman–Crippen LogP) is 5.07. The molecular weight excluding hydrogens is 414 g/mol. The summed E-state index contributed by atoms with van der Waals surface area (Å²) in [6, 6.07) is 18.4. The first-order chi connectivity index (χ1) is 16.1. The van der Waals surface area contributed by atoms with Crippen LogP contribution in [0.2, 0.25) is 0 Å². The standard InChI is InChI=1S/C26H27N5O2/c1-17-23(24(32)31-14-12-20(13-15-31)16-19-8-4-3-5-9-19)18(2)28-25(27-17)30-26-29-21-10-6-7-11-22(21)33-26/h3-11,20H,12-16H2,1-2H3,(H,27,28,29,30). The quantitative estimate of drug-likeness (QED) is 0.465. The zero-order chi connectivity index (χ0) is 22.8. The maximum atomic E-state index is 13.3. The van der Waals surface area contributed by atoms with Crippen LogP contribution >= 0.6 is 0 Å². The molecule has 3 heterocycles. The minimum atomic E-state index is 0.0107. The average Bonchev–Trinajstić information content (AvgIpc) is 3.22. The molecule has 33 heavy (non-hydrogen) atoms. The SMILES string of the molecule is Cc1nc(Nc2nc3ccccc3o2)nc(C)c1C(=O)N1CCC(Cc2ccccc2)CC1. The Balaban J connectivity index is 1.26. The molecule has 2 aromatic heterocycles. The van der Waals surface area contributed by atoms with E-state index in [-0.39, 0.29) is 5.91 Å². The van der Waals surface area contributed by atoms with Gasteiger partial charge >= 0.3 is 6.01 Å². The van der Waals surface area contributed by atoms with Gasteiger partial charge in [-0.05, 0) is 56.7 Å². The van der Waals surface area contributed by atoms with Gasteiger partial charge in [-0.25, -0.2) is 9.97 Å². The molecule has 1 aliphatic rings. The maximum Gasteiger partial charge on any atom is 0.302 e. The summed E-state index contributed by atoms with van der Waals surface area (Å²) in [4.78, 5) is 28.7. The molecule has 168 valence electrons. The van der Waals surface area contributed by atoms with Crippen molar-refractivity contribution in [3.05, 3.63) is 77.1 Å². The van der Waals surface area contributed by atoms with Crippen molar-refractivity contribution < 1.29 is 9.21 Å². The van der Waals surface area contributed by atoms with E-state index in [1.807, 2.05) is 49.1 Å². The Labute approximate surface area is 192 Å². The molecule has 2 aromatic carbocycles. The number of para-hydroxylation sites is 2. The number of piperidine rings is 1. The lowest BCUT2D eigenvalue weighted by molar-refractivity contribution is 0.0688. The van der Waals surface area contributed by atoms with Crippen LogP contribution in [0, 0.1) is 19.8 Å². The number of aryl methyl sites for hydroxylation is 2. The number of oxazole rings is 1. The second-order valence-electron chi connectivity index (χ2n) is 8.63. The van der Waals surface area contributed by atoms with Crippen LogP contribution in [-0.2, 0) is 6.42 Å². The summed E-state index contributed by atoms with van der Waals surface area (Å²) < 4.78 is 5.70. The Morgan fingerprint density at radius 3 is 2.33 bits per heavy atom. The number of hydrogen-bond donors (Lipinski definition) is 1. The van der Waals surface area contributed by atoms with Gasteiger partial charge in [0.2, 0.25) is 5.95 Å². The maximum absolute atomic E-state index is 13.3. The molecule has 5 rings (SSSR count). The Bertz CT molecular complexity index is 1220. The first-order valence-electron chi connectivity index (χ1n) is 11.4. The fraction of sp³-hybridized carbons (Fsp3) is 0.308. The van der Waals surface area contributed by atoms with Gasteiger partial charge in [0, 0.05) is 13.1 Å². The highest BCUT2D eigenvalue weighted by Gasteiger charge is 2.27. The van der Waals surface area contributed by atoms with Crippen LogP contribution in [0.15, 0.2) is 59.0 Å². The van der Waals surface area contributed by atoms with Gasteiger partial charge in [-0.3, -0.25) is 10.1 Å². The Hall–Kier alpha value is -3.74. The second-order valence-corrected chi connectivity index (χ2v) is 8.63. The highest BCUT2D eigenvalue weighted by molar-refractivity contribution is 5.96. The number of hydrogen-bond acceptors (Lipinski definition) is 6. The third-order valence-electron chi connectivity index (χ3n) is 6.27. The lowest BCUT2D eigenvalue weighted by atomic mass is 9.90. The number of carbonyl (C=O) groups is 1. The largest absolute Gasteiger partial charge is 0.423 e. The first-order valence-corrected chi connectivity index (χ1v) is 11.4. The van der Waals surface area contributed by atoms with Crippen LogP contribution in [0.4, 0.5) is 12.0 Å². The molecular formula is C26H27N5O2. The van der Waals surface area contributed by atoms with Crippen LogP contribution in [0.1, 0.15) is 40.2 Å². The first kappa shape index (κ1) is 21.1. The summed E-state index contributed by atoms with van der Waals surface area (Å²) in [5.41, 5.74) is 4.70. The molecule has 4 aromatic rings. The highest BCUT2D eigenvalue weighted by atomic mass is 16.4. The third-order valence-corrected chi connectivity index (χ3v) is 6.27. The van der Waals surface area contributed by atoms with Crippen molar-refractivity contribution in [2.24, 2.45) is 5.92 Å². The fourth-order valence-electron chi connectivity index (χ4n) is 4.55. The molecule has 7 heteroatoms. The van der Waals surface area contributed by atoms with E-state index in [0.717, 1.165) is 37.9 Å². The zero-order valence-corrected chi connectivity index (χ0v) is 18.9. The Morgan fingerprint density at radius 1 is 0.970 bits per heavy atom. The molecule has 1 amide bonds. The average molecular weight is 442 g/mol. The molecule has 0 atom stereocenters. The van der Waals surface area contributed by atoms with E-state index in [4.69, 9.17) is 4.42 Å². The molecule has 0 spiro atoms. The number of aromatic nitrogens is 3. The number of carbonyl (C=O) groups excluding carboxylic acids is 1. The van der Waals surface area contributed by atoms with Crippen molar-refractivity contribution in [2.45, 2.75) is 33.1 Å². The highest BCUT2D eigenvalue weighted by Crippen LogP contribution is 2.25. The monoisotopic (exact) mass is 441 g/mol. The van der Waals surface area contributed by atoms with Gasteiger partial charge in [0.15, 0.2) is 5.58 Å². The van der Waals surface area contributed by atoms with Crippen molar-refractivity contribution in [3.63, 3.8) is 0 Å². The number of nitrogens with zero attached hydrogens (tertiary/aromatic N) is 4. The smallest absolute Gasteiger partial charge is 0.302 e. The number of rotatable bonds is 5. The van der Waals surface area contributed by atoms with Crippen molar-refractivity contribution in [1.82, 2.24) is 19.9 Å². The van der Waals surface area contributed by atoms with E-state index in [1.54, 1.807) is 0 Å². The molecule has 7 nitrogen and oxygen atoms in total. The number of nitrogens with one attached hydrogen (secondary N) is 1. The Morgan fingerprint density at radius 2 is 1.64 bits per heavy atom. The summed E-state index contributed by atoms with van der Waals surface area (Å²) >= 11 is 0. The minimum absolute atomic E-state index is 0.0107. The molecule has 0 radical (unpaired) electrons. The second kappa shape index (κ2) is 9.02. The summed E-state index contributed by atoms with van der Waals surface area (Å²) in [5.74, 6) is 0.990. The molecule has 0 bridgehead atoms. The van der Waals surface area contributed by atoms with Gasteiger partial charge in [0.05, 0.1) is 17.0 Å². The van der Waals surface area contributed by atoms with E-state index in [1.165, 1.54) is 5.56 Å². The topological polar surface area (TPSA) is 84.1 Å². The normalized spacial score (nSPS) is 14.5. The van der Waals surface area contributed by atoms with E-state index in [9.17, 15) is 4.79 Å². The summed E-state index contributed by atoms with van der Waals surface area (Å²) in [5, 5.41) is 3.02. The van der Waals surface area contributed by atoms with Gasteiger partial charge in [-0.15, -0.1) is 0 Å². The van der Waals surface area contributed by atoms with Crippen molar-refractivity contribution in [2.75, 3.05) is 18.4 Å². The third kappa shape index (κ3) is 4.58. The summed E-state index contributed by atoms with van der Waals surface area (Å²) in [6.45, 7) is 5.22. The van der Waals surface area contributed by atoms with E-state index >= 15 is 0 Å². The molecule has 0 unspecified atom stereocenters. The molecule has 0 saturated carbocycles. The number of fused-ring (bicyclic) bond motifs is 1. The van der Waals surface area contributed by atoms with Gasteiger partial charge in [0.1, 0.15) is 5.52 Å². The van der Waals surface area contributed by atoms with Crippen LogP contribution in [-0.4, -0.2) is 38.8 Å². The number of anilines is 2. The van der Waals surface area contributed by atoms with Crippen molar-refractivity contribution >= 4 is 29.0 Å². The predicted molar refractivity (Wildman–Crippen MR) is 128 cm³/mol. The molecule has 1 fully saturated rings. The number of amides is 1. The zero-order valence-electron chi connectivity index (χ0n) is 18.9. The minimum Gasteiger partial charge on any atom is -0.423 e. The molecule has 0 aliphatic carbocycles. The van der Waals surface area contributed by atoms with Crippen LogP contribution in [0.3, 0.4) is 0 Å². The molecule has 1 N–H and O–H groups in total. The van der Waals surface area contributed by atoms with Crippen molar-refractivity contribution in [1.29, 1.82) is 0 Å². The van der Waals surface area contributed by atoms with Crippen molar-refractivity contribution in [3.8, 4) is 0 Å². The van der Waals surface area contributed by atoms with Gasteiger partial charge in [-0.1, -0.05) is 42.5 Å².